The average molecular weight is 275 g/mol. The van der Waals surface area contributed by atoms with E-state index in [1.54, 1.807) is 7.11 Å². The number of aromatic nitrogens is 2. The van der Waals surface area contributed by atoms with E-state index in [-0.39, 0.29) is 16.4 Å². The zero-order valence-corrected chi connectivity index (χ0v) is 11.0. The van der Waals surface area contributed by atoms with Crippen LogP contribution in [0.3, 0.4) is 0 Å². The third-order valence-corrected chi connectivity index (χ3v) is 2.78. The molecule has 0 aliphatic carbocycles. The van der Waals surface area contributed by atoms with Gasteiger partial charge in [-0.2, -0.15) is 0 Å². The van der Waals surface area contributed by atoms with Crippen LogP contribution < -0.4 is 10.3 Å². The molecule has 1 aromatic carbocycles. The Morgan fingerprint density at radius 3 is 2.68 bits per heavy atom. The van der Waals surface area contributed by atoms with Gasteiger partial charge in [-0.1, -0.05) is 23.7 Å². The van der Waals surface area contributed by atoms with Gasteiger partial charge in [-0.05, 0) is 23.6 Å². The molecule has 0 N–H and O–H groups in total. The summed E-state index contributed by atoms with van der Waals surface area (Å²) in [6.45, 7) is 0.375. The molecule has 1 aromatic heterocycles. The van der Waals surface area contributed by atoms with E-state index in [0.29, 0.717) is 6.54 Å². The first-order chi connectivity index (χ1) is 9.13. The molecule has 2 rings (SSSR count). The molecular weight excluding hydrogens is 264 g/mol. The fraction of sp³-hybridized carbons (Fsp3) is 0.143. The lowest BCUT2D eigenvalue weighted by atomic mass is 10.2. The van der Waals surface area contributed by atoms with Gasteiger partial charge < -0.3 is 9.30 Å². The maximum atomic E-state index is 12.0. The highest BCUT2D eigenvalue weighted by Crippen LogP contribution is 2.12. The van der Waals surface area contributed by atoms with Gasteiger partial charge in [0.1, 0.15) is 10.9 Å². The normalized spacial score (nSPS) is 9.95. The Bertz CT molecular complexity index is 684. The van der Waals surface area contributed by atoms with Crippen LogP contribution in [0.15, 0.2) is 35.3 Å². The molecular formula is C14H11ClN2O2. The Morgan fingerprint density at radius 2 is 2.11 bits per heavy atom. The topological polar surface area (TPSA) is 44.1 Å². The van der Waals surface area contributed by atoms with Crippen molar-refractivity contribution in [1.82, 2.24) is 9.55 Å². The predicted octanol–water partition coefficient (Wildman–Crippen LogP) is 1.93. The van der Waals surface area contributed by atoms with Crippen molar-refractivity contribution in [1.29, 1.82) is 0 Å². The van der Waals surface area contributed by atoms with Crippen LogP contribution in [-0.2, 0) is 6.54 Å². The molecule has 0 spiro atoms. The Hall–Kier alpha value is -2.25. The van der Waals surface area contributed by atoms with E-state index in [1.807, 2.05) is 24.3 Å². The Balaban J connectivity index is 2.35. The molecule has 96 valence electrons. The van der Waals surface area contributed by atoms with Gasteiger partial charge in [0.2, 0.25) is 0 Å². The van der Waals surface area contributed by atoms with E-state index in [9.17, 15) is 4.79 Å². The Kier molecular flexibility index (Phi) is 3.88. The van der Waals surface area contributed by atoms with E-state index in [0.717, 1.165) is 11.3 Å². The van der Waals surface area contributed by atoms with Gasteiger partial charge in [0.25, 0.3) is 5.56 Å². The number of rotatable bonds is 3. The number of methoxy groups -OCH3 is 1. The summed E-state index contributed by atoms with van der Waals surface area (Å²) in [5.74, 6) is 2.99. The van der Waals surface area contributed by atoms with Gasteiger partial charge in [0.05, 0.1) is 13.7 Å². The lowest BCUT2D eigenvalue weighted by Crippen LogP contribution is -2.24. The molecule has 5 heteroatoms. The lowest BCUT2D eigenvalue weighted by molar-refractivity contribution is 0.414. The smallest absolute Gasteiger partial charge is 0.285 e. The molecule has 0 bridgehead atoms. The second-order valence-corrected chi connectivity index (χ2v) is 4.22. The van der Waals surface area contributed by atoms with Crippen molar-refractivity contribution in [3.63, 3.8) is 0 Å². The zero-order valence-electron chi connectivity index (χ0n) is 10.3. The van der Waals surface area contributed by atoms with Crippen molar-refractivity contribution < 1.29 is 4.74 Å². The van der Waals surface area contributed by atoms with Gasteiger partial charge in [0, 0.05) is 6.20 Å². The maximum Gasteiger partial charge on any atom is 0.285 e. The number of hydrogen-bond donors (Lipinski definition) is 0. The van der Waals surface area contributed by atoms with Crippen LogP contribution in [0.4, 0.5) is 0 Å². The van der Waals surface area contributed by atoms with Crippen LogP contribution in [0.1, 0.15) is 11.3 Å². The molecule has 0 fully saturated rings. The molecule has 0 unspecified atom stereocenters. The largest absolute Gasteiger partial charge is 0.497 e. The fourth-order valence-corrected chi connectivity index (χ4v) is 1.85. The number of halogens is 1. The van der Waals surface area contributed by atoms with Crippen LogP contribution in [-0.4, -0.2) is 16.7 Å². The van der Waals surface area contributed by atoms with Gasteiger partial charge in [0.15, 0.2) is 5.69 Å². The molecule has 0 radical (unpaired) electrons. The van der Waals surface area contributed by atoms with Crippen LogP contribution in [0.2, 0.25) is 5.15 Å². The molecule has 1 heterocycles. The Labute approximate surface area is 115 Å². The van der Waals surface area contributed by atoms with Gasteiger partial charge in [-0.25, -0.2) is 4.98 Å². The number of nitrogens with zero attached hydrogens (tertiary/aromatic N) is 2. The van der Waals surface area contributed by atoms with Crippen molar-refractivity contribution in [3.05, 3.63) is 57.2 Å². The summed E-state index contributed by atoms with van der Waals surface area (Å²) in [4.78, 5) is 15.8. The van der Waals surface area contributed by atoms with Crippen LogP contribution in [0, 0.1) is 12.3 Å². The molecule has 0 atom stereocenters. The number of hydrogen-bond acceptors (Lipinski definition) is 3. The minimum Gasteiger partial charge on any atom is -0.497 e. The Morgan fingerprint density at radius 1 is 1.42 bits per heavy atom. The van der Waals surface area contributed by atoms with E-state index >= 15 is 0 Å². The number of benzene rings is 1. The fourth-order valence-electron chi connectivity index (χ4n) is 1.65. The monoisotopic (exact) mass is 274 g/mol. The highest BCUT2D eigenvalue weighted by molar-refractivity contribution is 6.29. The first-order valence-corrected chi connectivity index (χ1v) is 5.88. The summed E-state index contributed by atoms with van der Waals surface area (Å²) in [7, 11) is 1.60. The average Bonchev–Trinajstić information content (AvgIpc) is 2.43. The predicted molar refractivity (Wildman–Crippen MR) is 73.5 cm³/mol. The van der Waals surface area contributed by atoms with Crippen LogP contribution >= 0.6 is 11.6 Å². The summed E-state index contributed by atoms with van der Waals surface area (Å²) < 4.78 is 6.51. The second kappa shape index (κ2) is 5.59. The number of ether oxygens (including phenoxy) is 1. The van der Waals surface area contributed by atoms with E-state index in [2.05, 4.69) is 10.9 Å². The standard InChI is InChI=1S/C14H11ClN2O2/c1-3-12-14(18)17(9-13(15)16-12)8-10-4-6-11(19-2)7-5-10/h1,4-7,9H,8H2,2H3. The minimum absolute atomic E-state index is 0.0148. The van der Waals surface area contributed by atoms with Crippen molar-refractivity contribution in [3.8, 4) is 18.1 Å². The lowest BCUT2D eigenvalue weighted by Gasteiger charge is -2.07. The third-order valence-electron chi connectivity index (χ3n) is 2.59. The molecule has 0 amide bonds. The molecule has 0 saturated heterocycles. The van der Waals surface area contributed by atoms with Crippen molar-refractivity contribution in [2.24, 2.45) is 0 Å². The molecule has 19 heavy (non-hydrogen) atoms. The number of terminal acetylenes is 1. The van der Waals surface area contributed by atoms with E-state index < -0.39 is 0 Å². The first kappa shape index (κ1) is 13.2. The molecule has 2 aromatic rings. The van der Waals surface area contributed by atoms with Crippen molar-refractivity contribution in [2.75, 3.05) is 7.11 Å². The third kappa shape index (κ3) is 2.95. The zero-order chi connectivity index (χ0) is 13.8. The summed E-state index contributed by atoms with van der Waals surface area (Å²) in [5.41, 5.74) is 0.622. The van der Waals surface area contributed by atoms with Crippen molar-refractivity contribution >= 4 is 11.6 Å². The summed E-state index contributed by atoms with van der Waals surface area (Å²) in [6, 6.07) is 7.39. The summed E-state index contributed by atoms with van der Waals surface area (Å²) >= 11 is 5.83. The van der Waals surface area contributed by atoms with Crippen molar-refractivity contribution in [2.45, 2.75) is 6.54 Å². The summed E-state index contributed by atoms with van der Waals surface area (Å²) in [6.07, 6.45) is 6.69. The van der Waals surface area contributed by atoms with Crippen LogP contribution in [0.25, 0.3) is 0 Å². The summed E-state index contributed by atoms with van der Waals surface area (Å²) in [5, 5.41) is 0.195. The van der Waals surface area contributed by atoms with Crippen LogP contribution in [0.5, 0.6) is 5.75 Å². The second-order valence-electron chi connectivity index (χ2n) is 3.84. The molecule has 0 aliphatic heterocycles. The van der Waals surface area contributed by atoms with E-state index in [4.69, 9.17) is 22.8 Å². The van der Waals surface area contributed by atoms with E-state index in [1.165, 1.54) is 10.8 Å². The minimum atomic E-state index is -0.331. The first-order valence-electron chi connectivity index (χ1n) is 5.50. The highest BCUT2D eigenvalue weighted by atomic mass is 35.5. The van der Waals surface area contributed by atoms with Gasteiger partial charge in [-0.3, -0.25) is 4.79 Å². The van der Waals surface area contributed by atoms with Gasteiger partial charge >= 0.3 is 0 Å². The highest BCUT2D eigenvalue weighted by Gasteiger charge is 2.06. The SMILES string of the molecule is C#Cc1nc(Cl)cn(Cc2ccc(OC)cc2)c1=O. The van der Waals surface area contributed by atoms with Gasteiger partial charge in [-0.15, -0.1) is 6.42 Å². The molecule has 0 saturated carbocycles. The maximum absolute atomic E-state index is 12.0. The quantitative estimate of drug-likeness (QED) is 0.804. The molecule has 0 aliphatic rings. The molecule has 4 nitrogen and oxygen atoms in total.